The number of hydrogen-bond donors (Lipinski definition) is 1. The Morgan fingerprint density at radius 3 is 2.50 bits per heavy atom. The molecule has 2 rings (SSSR count). The van der Waals surface area contributed by atoms with Gasteiger partial charge < -0.3 is 10.5 Å². The minimum atomic E-state index is 0.131. The quantitative estimate of drug-likeness (QED) is 0.853. The van der Waals surface area contributed by atoms with Gasteiger partial charge in [0.2, 0.25) is 0 Å². The molecule has 0 radical (unpaired) electrons. The van der Waals surface area contributed by atoms with Crippen molar-refractivity contribution < 1.29 is 4.74 Å². The third-order valence-electron chi connectivity index (χ3n) is 2.94. The SMILES string of the molecule is CC[C@@H](N)c1ccc2cc(OC)ccc2c1. The lowest BCUT2D eigenvalue weighted by Crippen LogP contribution is -2.08. The number of methoxy groups -OCH3 is 1. The van der Waals surface area contributed by atoms with Gasteiger partial charge in [-0.25, -0.2) is 0 Å². The Hall–Kier alpha value is -1.54. The number of benzene rings is 2. The summed E-state index contributed by atoms with van der Waals surface area (Å²) in [5.41, 5.74) is 7.21. The Kier molecular flexibility index (Phi) is 3.11. The van der Waals surface area contributed by atoms with Gasteiger partial charge in [0, 0.05) is 6.04 Å². The smallest absolute Gasteiger partial charge is 0.119 e. The summed E-state index contributed by atoms with van der Waals surface area (Å²) >= 11 is 0. The third-order valence-corrected chi connectivity index (χ3v) is 2.94. The highest BCUT2D eigenvalue weighted by Gasteiger charge is 2.04. The zero-order valence-corrected chi connectivity index (χ0v) is 9.73. The van der Waals surface area contributed by atoms with Crippen molar-refractivity contribution in [2.75, 3.05) is 7.11 Å². The van der Waals surface area contributed by atoms with Crippen molar-refractivity contribution in [3.8, 4) is 5.75 Å². The second kappa shape index (κ2) is 4.54. The van der Waals surface area contributed by atoms with Crippen LogP contribution in [0.25, 0.3) is 10.8 Å². The molecule has 0 fully saturated rings. The van der Waals surface area contributed by atoms with E-state index in [1.807, 2.05) is 12.1 Å². The fourth-order valence-corrected chi connectivity index (χ4v) is 1.84. The molecule has 84 valence electrons. The van der Waals surface area contributed by atoms with Crippen LogP contribution in [0.4, 0.5) is 0 Å². The third kappa shape index (κ3) is 2.02. The highest BCUT2D eigenvalue weighted by atomic mass is 16.5. The average Bonchev–Trinajstić information content (AvgIpc) is 2.36. The number of rotatable bonds is 3. The lowest BCUT2D eigenvalue weighted by Gasteiger charge is -2.10. The summed E-state index contributed by atoms with van der Waals surface area (Å²) in [6.45, 7) is 2.10. The standard InChI is InChI=1S/C14H17NO/c1-3-14(15)12-5-4-11-9-13(16-2)7-6-10(11)8-12/h4-9,14H,3,15H2,1-2H3/t14-/m1/s1. The molecule has 2 N–H and O–H groups in total. The van der Waals surface area contributed by atoms with E-state index in [4.69, 9.17) is 10.5 Å². The van der Waals surface area contributed by atoms with Crippen molar-refractivity contribution >= 4 is 10.8 Å². The molecule has 16 heavy (non-hydrogen) atoms. The van der Waals surface area contributed by atoms with Crippen LogP contribution in [0.3, 0.4) is 0 Å². The molecule has 0 amide bonds. The molecular formula is C14H17NO. The fraction of sp³-hybridized carbons (Fsp3) is 0.286. The molecule has 2 aromatic rings. The van der Waals surface area contributed by atoms with E-state index in [0.29, 0.717) is 0 Å². The van der Waals surface area contributed by atoms with Crippen molar-refractivity contribution in [3.05, 3.63) is 42.0 Å². The molecule has 0 saturated heterocycles. The molecule has 0 aliphatic carbocycles. The van der Waals surface area contributed by atoms with Gasteiger partial charge in [0.1, 0.15) is 5.75 Å². The van der Waals surface area contributed by atoms with Gasteiger partial charge >= 0.3 is 0 Å². The average molecular weight is 215 g/mol. The molecule has 2 aromatic carbocycles. The van der Waals surface area contributed by atoms with Gasteiger partial charge in [-0.3, -0.25) is 0 Å². The van der Waals surface area contributed by atoms with E-state index >= 15 is 0 Å². The molecule has 0 spiro atoms. The molecule has 2 nitrogen and oxygen atoms in total. The van der Waals surface area contributed by atoms with E-state index in [-0.39, 0.29) is 6.04 Å². The summed E-state index contributed by atoms with van der Waals surface area (Å²) in [6.07, 6.45) is 0.960. The lowest BCUT2D eigenvalue weighted by atomic mass is 10.0. The van der Waals surface area contributed by atoms with Gasteiger partial charge in [-0.05, 0) is 41.0 Å². The second-order valence-corrected chi connectivity index (χ2v) is 3.99. The molecule has 0 heterocycles. The van der Waals surface area contributed by atoms with Crippen LogP contribution in [-0.4, -0.2) is 7.11 Å². The molecule has 0 saturated carbocycles. The minimum Gasteiger partial charge on any atom is -0.497 e. The minimum absolute atomic E-state index is 0.131. The molecule has 0 aliphatic heterocycles. The Bertz CT molecular complexity index is 493. The van der Waals surface area contributed by atoms with Gasteiger partial charge in [0.05, 0.1) is 7.11 Å². The van der Waals surface area contributed by atoms with Crippen molar-refractivity contribution in [2.45, 2.75) is 19.4 Å². The molecule has 0 aliphatic rings. The Morgan fingerprint density at radius 2 is 1.81 bits per heavy atom. The van der Waals surface area contributed by atoms with Crippen LogP contribution >= 0.6 is 0 Å². The molecule has 0 bridgehead atoms. The first-order valence-electron chi connectivity index (χ1n) is 5.58. The predicted molar refractivity (Wildman–Crippen MR) is 67.7 cm³/mol. The predicted octanol–water partition coefficient (Wildman–Crippen LogP) is 3.26. The number of ether oxygens (including phenoxy) is 1. The second-order valence-electron chi connectivity index (χ2n) is 3.99. The van der Waals surface area contributed by atoms with Gasteiger partial charge in [0.25, 0.3) is 0 Å². The first kappa shape index (κ1) is 11.0. The van der Waals surface area contributed by atoms with Gasteiger partial charge in [-0.1, -0.05) is 25.1 Å². The Labute approximate surface area is 96.0 Å². The van der Waals surface area contributed by atoms with E-state index in [9.17, 15) is 0 Å². The van der Waals surface area contributed by atoms with E-state index in [0.717, 1.165) is 12.2 Å². The summed E-state index contributed by atoms with van der Waals surface area (Å²) in [5.74, 6) is 0.889. The fourth-order valence-electron chi connectivity index (χ4n) is 1.84. The molecular weight excluding hydrogens is 198 g/mol. The van der Waals surface area contributed by atoms with Crippen LogP contribution in [0, 0.1) is 0 Å². The summed E-state index contributed by atoms with van der Waals surface area (Å²) in [5, 5.41) is 2.40. The van der Waals surface area contributed by atoms with E-state index in [1.165, 1.54) is 16.3 Å². The normalized spacial score (nSPS) is 12.7. The van der Waals surface area contributed by atoms with Gasteiger partial charge in [-0.15, -0.1) is 0 Å². The molecule has 0 unspecified atom stereocenters. The van der Waals surface area contributed by atoms with Crippen molar-refractivity contribution in [1.29, 1.82) is 0 Å². The maximum atomic E-state index is 6.02. The first-order valence-corrected chi connectivity index (χ1v) is 5.58. The Morgan fingerprint density at radius 1 is 1.12 bits per heavy atom. The molecule has 1 atom stereocenters. The van der Waals surface area contributed by atoms with Crippen molar-refractivity contribution in [3.63, 3.8) is 0 Å². The topological polar surface area (TPSA) is 35.2 Å². The van der Waals surface area contributed by atoms with Gasteiger partial charge in [0.15, 0.2) is 0 Å². The zero-order valence-electron chi connectivity index (χ0n) is 9.73. The maximum Gasteiger partial charge on any atom is 0.119 e. The van der Waals surface area contributed by atoms with E-state index in [2.05, 4.69) is 31.2 Å². The number of hydrogen-bond acceptors (Lipinski definition) is 2. The van der Waals surface area contributed by atoms with Crippen LogP contribution in [-0.2, 0) is 0 Å². The van der Waals surface area contributed by atoms with E-state index in [1.54, 1.807) is 7.11 Å². The van der Waals surface area contributed by atoms with Crippen LogP contribution in [0.15, 0.2) is 36.4 Å². The Balaban J connectivity index is 2.47. The zero-order chi connectivity index (χ0) is 11.5. The van der Waals surface area contributed by atoms with Gasteiger partial charge in [-0.2, -0.15) is 0 Å². The maximum absolute atomic E-state index is 6.02. The largest absolute Gasteiger partial charge is 0.497 e. The van der Waals surface area contributed by atoms with Crippen molar-refractivity contribution in [2.24, 2.45) is 5.73 Å². The van der Waals surface area contributed by atoms with Crippen LogP contribution in [0.5, 0.6) is 5.75 Å². The summed E-state index contributed by atoms with van der Waals surface area (Å²) in [4.78, 5) is 0. The summed E-state index contributed by atoms with van der Waals surface area (Å²) in [6, 6.07) is 12.6. The van der Waals surface area contributed by atoms with E-state index < -0.39 is 0 Å². The van der Waals surface area contributed by atoms with Crippen LogP contribution in [0.1, 0.15) is 24.9 Å². The highest BCUT2D eigenvalue weighted by molar-refractivity contribution is 5.84. The first-order chi connectivity index (χ1) is 7.74. The summed E-state index contributed by atoms with van der Waals surface area (Å²) < 4.78 is 5.20. The van der Waals surface area contributed by atoms with Crippen LogP contribution in [0.2, 0.25) is 0 Å². The molecule has 0 aromatic heterocycles. The highest BCUT2D eigenvalue weighted by Crippen LogP contribution is 2.24. The summed E-state index contributed by atoms with van der Waals surface area (Å²) in [7, 11) is 1.68. The van der Waals surface area contributed by atoms with Crippen molar-refractivity contribution in [1.82, 2.24) is 0 Å². The lowest BCUT2D eigenvalue weighted by molar-refractivity contribution is 0.415. The monoisotopic (exact) mass is 215 g/mol. The van der Waals surface area contributed by atoms with Crippen LogP contribution < -0.4 is 10.5 Å². The number of fused-ring (bicyclic) bond motifs is 1. The number of nitrogens with two attached hydrogens (primary N) is 1. The molecule has 2 heteroatoms.